The van der Waals surface area contributed by atoms with E-state index >= 15 is 0 Å². The molecule has 7 heteroatoms. The van der Waals surface area contributed by atoms with Gasteiger partial charge in [0.15, 0.2) is 17.1 Å². The first-order valence-corrected chi connectivity index (χ1v) is 8.20. The van der Waals surface area contributed by atoms with Gasteiger partial charge in [0, 0.05) is 23.5 Å². The molecule has 3 atom stereocenters. The van der Waals surface area contributed by atoms with Gasteiger partial charge in [-0.05, 0) is 31.4 Å². The van der Waals surface area contributed by atoms with Crippen LogP contribution in [0.2, 0.25) is 5.02 Å². The van der Waals surface area contributed by atoms with Crippen LogP contribution in [-0.2, 0) is 0 Å². The fourth-order valence-electron chi connectivity index (χ4n) is 3.22. The van der Waals surface area contributed by atoms with E-state index in [2.05, 4.69) is 0 Å². The minimum Gasteiger partial charge on any atom is -0.493 e. The van der Waals surface area contributed by atoms with E-state index in [-0.39, 0.29) is 11.7 Å². The summed E-state index contributed by atoms with van der Waals surface area (Å²) >= 11 is 6.03. The third-order valence-electron chi connectivity index (χ3n) is 4.58. The van der Waals surface area contributed by atoms with E-state index in [9.17, 15) is 15.0 Å². The van der Waals surface area contributed by atoms with Gasteiger partial charge in [-0.2, -0.15) is 0 Å². The van der Waals surface area contributed by atoms with Gasteiger partial charge < -0.3 is 24.3 Å². The lowest BCUT2D eigenvalue weighted by Crippen LogP contribution is -2.51. The summed E-state index contributed by atoms with van der Waals surface area (Å²) in [5.41, 5.74) is 0.447. The molecule has 1 heterocycles. The molecule has 2 aromatic rings. The second kappa shape index (κ2) is 6.63. The van der Waals surface area contributed by atoms with Crippen LogP contribution in [0.3, 0.4) is 0 Å². The minimum absolute atomic E-state index is 0.139. The minimum atomic E-state index is -0.957. The lowest BCUT2D eigenvalue weighted by Gasteiger charge is -2.37. The van der Waals surface area contributed by atoms with Crippen molar-refractivity contribution in [3.8, 4) is 5.75 Å². The lowest BCUT2D eigenvalue weighted by molar-refractivity contribution is -0.0530. The number of nitrogens with zero attached hydrogens (tertiary/aromatic N) is 1. The highest BCUT2D eigenvalue weighted by Crippen LogP contribution is 2.33. The number of ether oxygens (including phenoxy) is 1. The monoisotopic (exact) mass is 353 g/mol. The van der Waals surface area contributed by atoms with E-state index in [0.29, 0.717) is 34.6 Å². The number of amides is 1. The first kappa shape index (κ1) is 17.1. The van der Waals surface area contributed by atoms with Crippen LogP contribution < -0.4 is 4.74 Å². The van der Waals surface area contributed by atoms with Crippen LogP contribution in [0, 0.1) is 0 Å². The van der Waals surface area contributed by atoms with Crippen LogP contribution in [0.4, 0.5) is 0 Å². The molecule has 130 valence electrons. The maximum atomic E-state index is 12.7. The first-order chi connectivity index (χ1) is 11.4. The number of carbonyl (C=O) groups is 1. The lowest BCUT2D eigenvalue weighted by atomic mass is 9.89. The molecule has 0 unspecified atom stereocenters. The Kier molecular flexibility index (Phi) is 4.71. The summed E-state index contributed by atoms with van der Waals surface area (Å²) in [5, 5.41) is 21.1. The normalized spacial score (nSPS) is 24.1. The summed E-state index contributed by atoms with van der Waals surface area (Å²) in [4.78, 5) is 14.1. The number of methoxy groups -OCH3 is 1. The number of aliphatic hydroxyl groups is 2. The highest BCUT2D eigenvalue weighted by atomic mass is 35.5. The molecule has 1 aromatic heterocycles. The van der Waals surface area contributed by atoms with Crippen molar-refractivity contribution in [2.75, 3.05) is 14.2 Å². The number of furan rings is 1. The van der Waals surface area contributed by atoms with Crippen molar-refractivity contribution in [1.29, 1.82) is 0 Å². The van der Waals surface area contributed by atoms with Crippen LogP contribution in [0.15, 0.2) is 22.6 Å². The van der Waals surface area contributed by atoms with Crippen LogP contribution in [0.1, 0.15) is 29.8 Å². The number of carbonyl (C=O) groups excluding carboxylic acids is 1. The van der Waals surface area contributed by atoms with Crippen LogP contribution in [0.25, 0.3) is 11.0 Å². The molecule has 0 spiro atoms. The SMILES string of the molecule is COc1cc(Cl)cc2cc(C(=O)N(C)[C@@H]3CCC[C@@H](O)[C@@H]3O)oc12. The number of hydrogen-bond acceptors (Lipinski definition) is 5. The predicted molar refractivity (Wildman–Crippen MR) is 89.5 cm³/mol. The molecule has 2 N–H and O–H groups in total. The average Bonchev–Trinajstić information content (AvgIpc) is 2.99. The van der Waals surface area contributed by atoms with E-state index in [0.717, 1.165) is 6.42 Å². The molecular weight excluding hydrogens is 334 g/mol. The van der Waals surface area contributed by atoms with Crippen molar-refractivity contribution in [2.24, 2.45) is 0 Å². The zero-order chi connectivity index (χ0) is 17.4. The average molecular weight is 354 g/mol. The molecule has 0 radical (unpaired) electrons. The fourth-order valence-corrected chi connectivity index (χ4v) is 3.44. The van der Waals surface area contributed by atoms with E-state index in [1.807, 2.05) is 0 Å². The highest BCUT2D eigenvalue weighted by Gasteiger charge is 2.36. The van der Waals surface area contributed by atoms with Gasteiger partial charge in [0.05, 0.1) is 19.3 Å². The largest absolute Gasteiger partial charge is 0.493 e. The zero-order valence-electron chi connectivity index (χ0n) is 13.5. The molecule has 3 rings (SSSR count). The molecule has 1 fully saturated rings. The molecule has 6 nitrogen and oxygen atoms in total. The van der Waals surface area contributed by atoms with Gasteiger partial charge >= 0.3 is 0 Å². The van der Waals surface area contributed by atoms with Gasteiger partial charge in [0.25, 0.3) is 5.91 Å². The number of rotatable bonds is 3. The smallest absolute Gasteiger partial charge is 0.289 e. The Balaban J connectivity index is 1.90. The molecule has 24 heavy (non-hydrogen) atoms. The van der Waals surface area contributed by atoms with Gasteiger partial charge in [0.2, 0.25) is 0 Å². The predicted octanol–water partition coefficient (Wildman–Crippen LogP) is 2.44. The Morgan fingerprint density at radius 3 is 2.79 bits per heavy atom. The topological polar surface area (TPSA) is 83.1 Å². The Hall–Kier alpha value is -1.76. The summed E-state index contributed by atoms with van der Waals surface area (Å²) in [7, 11) is 3.10. The molecule has 0 saturated heterocycles. The summed E-state index contributed by atoms with van der Waals surface area (Å²) in [6.07, 6.45) is 0.162. The second-order valence-electron chi connectivity index (χ2n) is 6.11. The van der Waals surface area contributed by atoms with Gasteiger partial charge in [0.1, 0.15) is 6.10 Å². The number of hydrogen-bond donors (Lipinski definition) is 2. The van der Waals surface area contributed by atoms with Crippen LogP contribution in [-0.4, -0.2) is 53.4 Å². The van der Waals surface area contributed by atoms with E-state index in [1.54, 1.807) is 25.2 Å². The Labute approximate surface area is 144 Å². The fraction of sp³-hybridized carbons (Fsp3) is 0.471. The maximum absolute atomic E-state index is 12.7. The van der Waals surface area contributed by atoms with E-state index < -0.39 is 18.2 Å². The van der Waals surface area contributed by atoms with Gasteiger partial charge in [-0.3, -0.25) is 4.79 Å². The molecule has 1 saturated carbocycles. The highest BCUT2D eigenvalue weighted by molar-refractivity contribution is 6.31. The van der Waals surface area contributed by atoms with Crippen LogP contribution in [0.5, 0.6) is 5.75 Å². The molecular formula is C17H20ClNO5. The Morgan fingerprint density at radius 2 is 2.08 bits per heavy atom. The second-order valence-corrected chi connectivity index (χ2v) is 6.55. The number of benzene rings is 1. The Morgan fingerprint density at radius 1 is 1.33 bits per heavy atom. The van der Waals surface area contributed by atoms with Gasteiger partial charge in [-0.25, -0.2) is 0 Å². The van der Waals surface area contributed by atoms with E-state index in [4.69, 9.17) is 20.8 Å². The van der Waals surface area contributed by atoms with Crippen molar-refractivity contribution in [3.05, 3.63) is 29.0 Å². The number of aliphatic hydroxyl groups excluding tert-OH is 2. The molecule has 1 aliphatic rings. The van der Waals surface area contributed by atoms with Crippen molar-refractivity contribution in [2.45, 2.75) is 37.5 Å². The number of halogens is 1. The summed E-state index contributed by atoms with van der Waals surface area (Å²) in [6.45, 7) is 0. The summed E-state index contributed by atoms with van der Waals surface area (Å²) in [5.74, 6) is 0.232. The molecule has 0 bridgehead atoms. The quantitative estimate of drug-likeness (QED) is 0.885. The number of likely N-dealkylation sites (N-methyl/N-ethyl adjacent to an activating group) is 1. The van der Waals surface area contributed by atoms with Gasteiger partial charge in [-0.15, -0.1) is 0 Å². The van der Waals surface area contributed by atoms with Crippen LogP contribution >= 0.6 is 11.6 Å². The molecule has 0 aliphatic heterocycles. The third-order valence-corrected chi connectivity index (χ3v) is 4.80. The van der Waals surface area contributed by atoms with Gasteiger partial charge in [-0.1, -0.05) is 11.6 Å². The molecule has 1 aromatic carbocycles. The van der Waals surface area contributed by atoms with Crippen molar-refractivity contribution in [1.82, 2.24) is 4.90 Å². The zero-order valence-corrected chi connectivity index (χ0v) is 14.3. The number of fused-ring (bicyclic) bond motifs is 1. The standard InChI is InChI=1S/C17H20ClNO5/c1-19(11-4-3-5-12(20)15(11)21)17(22)14-7-9-6-10(18)8-13(23-2)16(9)24-14/h6-8,11-12,15,20-21H,3-5H2,1-2H3/t11-,12-,15-/m1/s1. The molecule has 1 aliphatic carbocycles. The van der Waals surface area contributed by atoms with Crippen molar-refractivity contribution >= 4 is 28.5 Å². The summed E-state index contributed by atoms with van der Waals surface area (Å²) in [6, 6.07) is 4.47. The maximum Gasteiger partial charge on any atom is 0.289 e. The van der Waals surface area contributed by atoms with E-state index in [1.165, 1.54) is 12.0 Å². The van der Waals surface area contributed by atoms with Crippen molar-refractivity contribution in [3.63, 3.8) is 0 Å². The third kappa shape index (κ3) is 2.97. The summed E-state index contributed by atoms with van der Waals surface area (Å²) < 4.78 is 10.9. The first-order valence-electron chi connectivity index (χ1n) is 7.82. The Bertz CT molecular complexity index is 759. The molecule has 1 amide bonds. The van der Waals surface area contributed by atoms with Crippen molar-refractivity contribution < 1.29 is 24.2 Å².